The van der Waals surface area contributed by atoms with E-state index in [-0.39, 0.29) is 11.8 Å². The van der Waals surface area contributed by atoms with E-state index in [0.717, 1.165) is 44.8 Å². The van der Waals surface area contributed by atoms with E-state index in [9.17, 15) is 4.79 Å². The van der Waals surface area contributed by atoms with Gasteiger partial charge in [-0.3, -0.25) is 4.79 Å². The summed E-state index contributed by atoms with van der Waals surface area (Å²) < 4.78 is 7.87. The summed E-state index contributed by atoms with van der Waals surface area (Å²) in [6.07, 6.45) is 3.14. The summed E-state index contributed by atoms with van der Waals surface area (Å²) in [6, 6.07) is 17.8. The monoisotopic (exact) mass is 517 g/mol. The molecule has 1 saturated heterocycles. The molecule has 1 aliphatic heterocycles. The predicted molar refractivity (Wildman–Crippen MR) is 151 cm³/mol. The maximum absolute atomic E-state index is 12.7. The first-order chi connectivity index (χ1) is 18.8. The highest BCUT2D eigenvalue weighted by molar-refractivity contribution is 6.09. The Hall–Kier alpha value is -5.05. The average molecular weight is 518 g/mol. The van der Waals surface area contributed by atoms with Crippen molar-refractivity contribution in [3.8, 4) is 34.1 Å². The van der Waals surface area contributed by atoms with Crippen LogP contribution in [0.2, 0.25) is 0 Å². The fourth-order valence-corrected chi connectivity index (χ4v) is 5.04. The lowest BCUT2D eigenvalue weighted by molar-refractivity contribution is -0.114. The maximum Gasteiger partial charge on any atom is 0.322 e. The van der Waals surface area contributed by atoms with Crippen LogP contribution >= 0.6 is 0 Å². The molecule has 1 atom stereocenters. The van der Waals surface area contributed by atoms with Gasteiger partial charge in [-0.25, -0.2) is 19.9 Å². The minimum atomic E-state index is -0.0260. The highest BCUT2D eigenvalue weighted by Crippen LogP contribution is 2.42. The summed E-state index contributed by atoms with van der Waals surface area (Å²) in [6.45, 7) is 8.48. The summed E-state index contributed by atoms with van der Waals surface area (Å²) in [4.78, 5) is 31.7. The Morgan fingerprint density at radius 3 is 2.38 bits per heavy atom. The van der Waals surface area contributed by atoms with Crippen LogP contribution in [0.5, 0.6) is 11.8 Å². The Bertz CT molecular complexity index is 1740. The number of ether oxygens (including phenoxy) is 1. The number of aromatic nitrogens is 5. The second kappa shape index (κ2) is 9.36. The number of nitrogens with zero attached hydrogens (tertiary/aromatic N) is 6. The van der Waals surface area contributed by atoms with Crippen molar-refractivity contribution in [1.82, 2.24) is 24.5 Å². The van der Waals surface area contributed by atoms with Gasteiger partial charge < -0.3 is 19.9 Å². The predicted octanol–water partition coefficient (Wildman–Crippen LogP) is 5.31. The molecule has 1 fully saturated rings. The number of carbonyl (C=O) groups is 1. The van der Waals surface area contributed by atoms with Crippen molar-refractivity contribution in [3.63, 3.8) is 0 Å². The first-order valence-electron chi connectivity index (χ1n) is 12.6. The number of nitrogens with two attached hydrogens (primary N) is 1. The maximum atomic E-state index is 12.7. The highest BCUT2D eigenvalue weighted by Gasteiger charge is 2.31. The number of fused-ring (bicyclic) bond motifs is 1. The molecule has 2 aromatic carbocycles. The fraction of sp³-hybridized carbons (Fsp3) is 0.167. The summed E-state index contributed by atoms with van der Waals surface area (Å²) in [7, 11) is 1.96. The van der Waals surface area contributed by atoms with Crippen molar-refractivity contribution >= 4 is 28.4 Å². The quantitative estimate of drug-likeness (QED) is 0.314. The van der Waals surface area contributed by atoms with Crippen molar-refractivity contribution in [2.45, 2.75) is 13.8 Å². The first-order valence-corrected chi connectivity index (χ1v) is 12.6. The summed E-state index contributed by atoms with van der Waals surface area (Å²) in [5.41, 5.74) is 13.2. The number of nitrogen functional groups attached to an aromatic ring is 1. The zero-order valence-electron chi connectivity index (χ0n) is 21.9. The molecule has 9 nitrogen and oxygen atoms in total. The SMILES string of the molecule is C=C1C(=O)N(c2ccc(-c3c(-c4ccc(Oc5nccc(C)n5)cc4)c4c(N)ncnc4n3C)cc2)C[C@@H]1C. The third-order valence-electron chi connectivity index (χ3n) is 7.14. The number of hydrogen-bond donors (Lipinski definition) is 1. The topological polar surface area (TPSA) is 112 Å². The smallest absolute Gasteiger partial charge is 0.322 e. The van der Waals surface area contributed by atoms with Crippen molar-refractivity contribution in [3.05, 3.63) is 85.0 Å². The van der Waals surface area contributed by atoms with E-state index in [1.54, 1.807) is 11.1 Å². The Morgan fingerprint density at radius 1 is 1.00 bits per heavy atom. The molecule has 1 amide bonds. The molecule has 1 aliphatic rings. The van der Waals surface area contributed by atoms with Gasteiger partial charge in [0.25, 0.3) is 5.91 Å². The standard InChI is InChI=1S/C30H27N7O2/c1-17-15-37(29(38)19(17)3)22-9-5-21(6-10-22)26-24(25-27(31)33-16-34-28(25)36(26)4)20-7-11-23(12-8-20)39-30-32-14-13-18(2)35-30/h5-14,16-17H,3,15H2,1-2,4H3,(H2,31,33,34)/t17-/m0/s1. The van der Waals surface area contributed by atoms with E-state index in [2.05, 4.69) is 26.5 Å². The summed E-state index contributed by atoms with van der Waals surface area (Å²) >= 11 is 0. The number of benzene rings is 2. The van der Waals surface area contributed by atoms with Crippen molar-refractivity contribution in [2.24, 2.45) is 13.0 Å². The summed E-state index contributed by atoms with van der Waals surface area (Å²) in [5, 5.41) is 0.773. The molecule has 0 spiro atoms. The van der Waals surface area contributed by atoms with Crippen molar-refractivity contribution < 1.29 is 9.53 Å². The van der Waals surface area contributed by atoms with E-state index in [1.807, 2.05) is 80.1 Å². The minimum absolute atomic E-state index is 0.0260. The van der Waals surface area contributed by atoms with Crippen LogP contribution in [0.15, 0.2) is 79.3 Å². The van der Waals surface area contributed by atoms with Gasteiger partial charge >= 0.3 is 6.01 Å². The highest BCUT2D eigenvalue weighted by atomic mass is 16.5. The average Bonchev–Trinajstić information content (AvgIpc) is 3.38. The molecule has 5 aromatic rings. The molecule has 194 valence electrons. The Balaban J connectivity index is 1.42. The lowest BCUT2D eigenvalue weighted by atomic mass is 9.98. The van der Waals surface area contributed by atoms with Crippen LogP contribution in [0.3, 0.4) is 0 Å². The second-order valence-electron chi connectivity index (χ2n) is 9.74. The molecular formula is C30H27N7O2. The van der Waals surface area contributed by atoms with Gasteiger partial charge in [0.15, 0.2) is 0 Å². The van der Waals surface area contributed by atoms with Crippen LogP contribution in [-0.4, -0.2) is 37.0 Å². The van der Waals surface area contributed by atoms with Crippen molar-refractivity contribution in [1.29, 1.82) is 0 Å². The molecule has 3 aromatic heterocycles. The van der Waals surface area contributed by atoms with Gasteiger partial charge in [-0.05, 0) is 48.4 Å². The number of rotatable bonds is 5. The molecule has 2 N–H and O–H groups in total. The third kappa shape index (κ3) is 4.17. The van der Waals surface area contributed by atoms with Gasteiger partial charge in [-0.1, -0.05) is 37.8 Å². The molecule has 0 saturated carbocycles. The van der Waals surface area contributed by atoms with Gasteiger partial charge in [0.1, 0.15) is 23.5 Å². The van der Waals surface area contributed by atoms with Crippen LogP contribution in [-0.2, 0) is 11.8 Å². The molecule has 6 rings (SSSR count). The second-order valence-corrected chi connectivity index (χ2v) is 9.74. The normalized spacial score (nSPS) is 15.4. The number of hydrogen-bond acceptors (Lipinski definition) is 7. The number of carbonyl (C=O) groups excluding carboxylic acids is 1. The third-order valence-corrected chi connectivity index (χ3v) is 7.14. The zero-order valence-corrected chi connectivity index (χ0v) is 21.9. The van der Waals surface area contributed by atoms with Crippen LogP contribution in [0.1, 0.15) is 12.6 Å². The molecule has 0 aliphatic carbocycles. The molecule has 39 heavy (non-hydrogen) atoms. The van der Waals surface area contributed by atoms with Crippen LogP contribution in [0.4, 0.5) is 11.5 Å². The van der Waals surface area contributed by atoms with Gasteiger partial charge in [-0.2, -0.15) is 0 Å². The largest absolute Gasteiger partial charge is 0.424 e. The molecule has 0 bridgehead atoms. The Labute approximate surface area is 225 Å². The molecule has 9 heteroatoms. The fourth-order valence-electron chi connectivity index (χ4n) is 5.04. The summed E-state index contributed by atoms with van der Waals surface area (Å²) in [5.74, 6) is 1.12. The number of anilines is 2. The van der Waals surface area contributed by atoms with E-state index in [0.29, 0.717) is 29.7 Å². The molecule has 0 radical (unpaired) electrons. The molecule has 0 unspecified atom stereocenters. The van der Waals surface area contributed by atoms with Gasteiger partial charge in [0.05, 0.1) is 11.1 Å². The van der Waals surface area contributed by atoms with E-state index in [1.165, 1.54) is 6.33 Å². The zero-order chi connectivity index (χ0) is 27.3. The molecular weight excluding hydrogens is 490 g/mol. The Morgan fingerprint density at radius 2 is 1.72 bits per heavy atom. The van der Waals surface area contributed by atoms with Crippen LogP contribution < -0.4 is 15.4 Å². The van der Waals surface area contributed by atoms with Crippen molar-refractivity contribution in [2.75, 3.05) is 17.2 Å². The molecule has 4 heterocycles. The lowest BCUT2D eigenvalue weighted by Gasteiger charge is -2.17. The lowest BCUT2D eigenvalue weighted by Crippen LogP contribution is -2.24. The minimum Gasteiger partial charge on any atom is -0.424 e. The number of aryl methyl sites for hydroxylation is 2. The Kier molecular flexibility index (Phi) is 5.83. The van der Waals surface area contributed by atoms with E-state index >= 15 is 0 Å². The van der Waals surface area contributed by atoms with Gasteiger partial charge in [-0.15, -0.1) is 0 Å². The van der Waals surface area contributed by atoms with Gasteiger partial charge in [0, 0.05) is 48.2 Å². The number of amides is 1. The van der Waals surface area contributed by atoms with Crippen LogP contribution in [0, 0.1) is 12.8 Å². The van der Waals surface area contributed by atoms with E-state index < -0.39 is 0 Å². The first kappa shape index (κ1) is 24.3. The van der Waals surface area contributed by atoms with E-state index in [4.69, 9.17) is 10.5 Å². The van der Waals surface area contributed by atoms with Gasteiger partial charge in [0.2, 0.25) is 0 Å². The van der Waals surface area contributed by atoms with Crippen LogP contribution in [0.25, 0.3) is 33.4 Å².